The van der Waals surface area contributed by atoms with Gasteiger partial charge in [-0.2, -0.15) is 0 Å². The fourth-order valence-electron chi connectivity index (χ4n) is 1.69. The van der Waals surface area contributed by atoms with E-state index in [-0.39, 0.29) is 6.04 Å². The zero-order chi connectivity index (χ0) is 15.3. The molecule has 0 saturated carbocycles. The molecule has 0 saturated heterocycles. The van der Waals surface area contributed by atoms with Crippen molar-refractivity contribution in [1.82, 2.24) is 9.97 Å². The van der Waals surface area contributed by atoms with Crippen LogP contribution in [0.4, 0.5) is 5.82 Å². The highest BCUT2D eigenvalue weighted by molar-refractivity contribution is 7.98. The van der Waals surface area contributed by atoms with Gasteiger partial charge in [-0.3, -0.25) is 0 Å². The molecule has 0 aromatic carbocycles. The van der Waals surface area contributed by atoms with Crippen LogP contribution in [-0.2, 0) is 4.79 Å². The van der Waals surface area contributed by atoms with Crippen molar-refractivity contribution in [3.05, 3.63) is 16.8 Å². The van der Waals surface area contributed by atoms with E-state index < -0.39 is 5.97 Å². The summed E-state index contributed by atoms with van der Waals surface area (Å²) in [6.07, 6.45) is 4.03. The molecule has 5 nitrogen and oxygen atoms in total. The molecule has 0 aliphatic rings. The van der Waals surface area contributed by atoms with Crippen molar-refractivity contribution < 1.29 is 9.90 Å². The van der Waals surface area contributed by atoms with E-state index in [1.54, 1.807) is 6.08 Å². The summed E-state index contributed by atoms with van der Waals surface area (Å²) in [6, 6.07) is 0.209. The Morgan fingerprint density at radius 3 is 2.55 bits per heavy atom. The van der Waals surface area contributed by atoms with Gasteiger partial charge in [0, 0.05) is 17.2 Å². The number of carboxylic acids is 1. The standard InChI is InChI=1S/C14H21N3O2S/c1-6-10(13(18)19)7-11-9(4)16-14(20-5)17-12(11)15-8(2)3/h7-8H,6H2,1-5H3,(H,18,19)(H,15,16,17). The lowest BCUT2D eigenvalue weighted by molar-refractivity contribution is -0.132. The third-order valence-corrected chi connectivity index (χ3v) is 3.25. The van der Waals surface area contributed by atoms with Crippen molar-refractivity contribution in [2.24, 2.45) is 0 Å². The van der Waals surface area contributed by atoms with Gasteiger partial charge in [-0.05, 0) is 39.5 Å². The molecule has 0 atom stereocenters. The average Bonchev–Trinajstić information content (AvgIpc) is 2.36. The number of rotatable bonds is 6. The summed E-state index contributed by atoms with van der Waals surface area (Å²) in [4.78, 5) is 20.0. The van der Waals surface area contributed by atoms with Crippen LogP contribution in [-0.4, -0.2) is 33.3 Å². The smallest absolute Gasteiger partial charge is 0.331 e. The molecule has 1 rings (SSSR count). The van der Waals surface area contributed by atoms with E-state index in [0.717, 1.165) is 11.3 Å². The van der Waals surface area contributed by atoms with Gasteiger partial charge in [0.05, 0.1) is 5.69 Å². The van der Waals surface area contributed by atoms with Gasteiger partial charge >= 0.3 is 5.97 Å². The van der Waals surface area contributed by atoms with E-state index >= 15 is 0 Å². The van der Waals surface area contributed by atoms with Gasteiger partial charge in [0.25, 0.3) is 0 Å². The number of nitrogens with zero attached hydrogens (tertiary/aromatic N) is 2. The van der Waals surface area contributed by atoms with Crippen LogP contribution in [0, 0.1) is 6.92 Å². The Morgan fingerprint density at radius 1 is 1.45 bits per heavy atom. The quantitative estimate of drug-likeness (QED) is 0.477. The third-order valence-electron chi connectivity index (χ3n) is 2.70. The number of aliphatic carboxylic acids is 1. The van der Waals surface area contributed by atoms with Gasteiger partial charge in [0.15, 0.2) is 5.16 Å². The number of carbonyl (C=O) groups is 1. The van der Waals surface area contributed by atoms with E-state index in [0.29, 0.717) is 23.0 Å². The molecule has 0 aliphatic carbocycles. The number of hydrogen-bond acceptors (Lipinski definition) is 5. The first-order valence-corrected chi connectivity index (χ1v) is 7.74. The van der Waals surface area contributed by atoms with Crippen molar-refractivity contribution >= 4 is 29.6 Å². The molecule has 0 amide bonds. The fourth-order valence-corrected chi connectivity index (χ4v) is 2.10. The molecule has 0 unspecified atom stereocenters. The first kappa shape index (κ1) is 16.5. The lowest BCUT2D eigenvalue weighted by Gasteiger charge is -2.15. The summed E-state index contributed by atoms with van der Waals surface area (Å²) >= 11 is 1.46. The van der Waals surface area contributed by atoms with Crippen LogP contribution in [0.1, 0.15) is 38.4 Å². The average molecular weight is 295 g/mol. The molecule has 1 aromatic rings. The Kier molecular flexibility index (Phi) is 6.01. The monoisotopic (exact) mass is 295 g/mol. The van der Waals surface area contributed by atoms with Crippen LogP contribution in [0.2, 0.25) is 0 Å². The first-order valence-electron chi connectivity index (χ1n) is 6.52. The predicted molar refractivity (Wildman–Crippen MR) is 83.2 cm³/mol. The maximum atomic E-state index is 11.2. The molecule has 0 bridgehead atoms. The van der Waals surface area contributed by atoms with E-state index in [1.165, 1.54) is 11.8 Å². The summed E-state index contributed by atoms with van der Waals surface area (Å²) in [7, 11) is 0. The van der Waals surface area contributed by atoms with Crippen LogP contribution in [0.25, 0.3) is 6.08 Å². The number of aryl methyl sites for hydroxylation is 1. The summed E-state index contributed by atoms with van der Waals surface area (Å²) in [5, 5.41) is 13.1. The van der Waals surface area contributed by atoms with E-state index in [1.807, 2.05) is 34.0 Å². The third kappa shape index (κ3) is 4.23. The molecule has 0 spiro atoms. The van der Waals surface area contributed by atoms with Crippen molar-refractivity contribution in [2.75, 3.05) is 11.6 Å². The SMILES string of the molecule is CCC(=Cc1c(C)nc(SC)nc1NC(C)C)C(=O)O. The lowest BCUT2D eigenvalue weighted by Crippen LogP contribution is -2.14. The largest absolute Gasteiger partial charge is 0.478 e. The minimum atomic E-state index is -0.906. The van der Waals surface area contributed by atoms with Gasteiger partial charge in [-0.15, -0.1) is 0 Å². The summed E-state index contributed by atoms with van der Waals surface area (Å²) in [5.41, 5.74) is 1.87. The minimum Gasteiger partial charge on any atom is -0.478 e. The molecular weight excluding hydrogens is 274 g/mol. The van der Waals surface area contributed by atoms with Gasteiger partial charge in [0.2, 0.25) is 0 Å². The maximum absolute atomic E-state index is 11.2. The van der Waals surface area contributed by atoms with E-state index in [4.69, 9.17) is 5.11 Å². The van der Waals surface area contributed by atoms with E-state index in [9.17, 15) is 4.79 Å². The summed E-state index contributed by atoms with van der Waals surface area (Å²) in [6.45, 7) is 7.72. The second-order valence-electron chi connectivity index (χ2n) is 4.69. The molecule has 2 N–H and O–H groups in total. The topological polar surface area (TPSA) is 75.1 Å². The second kappa shape index (κ2) is 7.28. The number of nitrogens with one attached hydrogen (secondary N) is 1. The maximum Gasteiger partial charge on any atom is 0.331 e. The van der Waals surface area contributed by atoms with Crippen LogP contribution < -0.4 is 5.32 Å². The molecule has 6 heteroatoms. The Hall–Kier alpha value is -1.56. The molecule has 1 aromatic heterocycles. The van der Waals surface area contributed by atoms with Crippen LogP contribution in [0.5, 0.6) is 0 Å². The fraction of sp³-hybridized carbons (Fsp3) is 0.500. The van der Waals surface area contributed by atoms with E-state index in [2.05, 4.69) is 15.3 Å². The zero-order valence-electron chi connectivity index (χ0n) is 12.5. The predicted octanol–water partition coefficient (Wildman–Crippen LogP) is 3.21. The number of aromatic nitrogens is 2. The van der Waals surface area contributed by atoms with Crippen molar-refractivity contribution in [1.29, 1.82) is 0 Å². The van der Waals surface area contributed by atoms with Gasteiger partial charge in [-0.1, -0.05) is 18.7 Å². The van der Waals surface area contributed by atoms with Crippen LogP contribution >= 0.6 is 11.8 Å². The molecule has 0 radical (unpaired) electrons. The van der Waals surface area contributed by atoms with Crippen LogP contribution in [0.15, 0.2) is 10.7 Å². The van der Waals surface area contributed by atoms with Crippen molar-refractivity contribution in [2.45, 2.75) is 45.3 Å². The van der Waals surface area contributed by atoms with Crippen molar-refractivity contribution in [3.8, 4) is 0 Å². The zero-order valence-corrected chi connectivity index (χ0v) is 13.3. The summed E-state index contributed by atoms with van der Waals surface area (Å²) < 4.78 is 0. The highest BCUT2D eigenvalue weighted by Gasteiger charge is 2.13. The van der Waals surface area contributed by atoms with Crippen LogP contribution in [0.3, 0.4) is 0 Å². The Bertz CT molecular complexity index is 527. The summed E-state index contributed by atoms with van der Waals surface area (Å²) in [5.74, 6) is -0.222. The Labute approximate surface area is 123 Å². The first-order chi connectivity index (χ1) is 9.38. The highest BCUT2D eigenvalue weighted by Crippen LogP contribution is 2.24. The van der Waals surface area contributed by atoms with Gasteiger partial charge in [0.1, 0.15) is 5.82 Å². The minimum absolute atomic E-state index is 0.209. The number of anilines is 1. The number of hydrogen-bond donors (Lipinski definition) is 2. The molecule has 0 fully saturated rings. The molecule has 20 heavy (non-hydrogen) atoms. The van der Waals surface area contributed by atoms with Gasteiger partial charge in [-0.25, -0.2) is 14.8 Å². The molecule has 0 aliphatic heterocycles. The van der Waals surface area contributed by atoms with Gasteiger partial charge < -0.3 is 10.4 Å². The normalized spacial score (nSPS) is 11.8. The molecule has 1 heterocycles. The Morgan fingerprint density at radius 2 is 2.10 bits per heavy atom. The lowest BCUT2D eigenvalue weighted by atomic mass is 10.1. The highest BCUT2D eigenvalue weighted by atomic mass is 32.2. The number of thioether (sulfide) groups is 1. The molecule has 110 valence electrons. The second-order valence-corrected chi connectivity index (χ2v) is 5.46. The number of carboxylic acid groups (broad SMARTS) is 1. The Balaban J connectivity index is 3.39. The van der Waals surface area contributed by atoms with Crippen molar-refractivity contribution in [3.63, 3.8) is 0 Å². The molecular formula is C14H21N3O2S.